The van der Waals surface area contributed by atoms with E-state index in [1.165, 1.54) is 16.7 Å². The van der Waals surface area contributed by atoms with E-state index in [-0.39, 0.29) is 17.6 Å². The van der Waals surface area contributed by atoms with Gasteiger partial charge in [-0.25, -0.2) is 21.5 Å². The highest BCUT2D eigenvalue weighted by Crippen LogP contribution is 2.21. The molecule has 0 spiro atoms. The van der Waals surface area contributed by atoms with Crippen molar-refractivity contribution in [1.82, 2.24) is 14.1 Å². The third-order valence-corrected chi connectivity index (χ3v) is 5.69. The van der Waals surface area contributed by atoms with Gasteiger partial charge in [0, 0.05) is 25.2 Å². The smallest absolute Gasteiger partial charge is 0.257 e. The van der Waals surface area contributed by atoms with Crippen molar-refractivity contribution >= 4 is 21.6 Å². The number of halogens is 2. The molecule has 130 valence electrons. The van der Waals surface area contributed by atoms with Gasteiger partial charge in [-0.2, -0.15) is 5.10 Å². The van der Waals surface area contributed by atoms with Crippen molar-refractivity contribution in [2.24, 2.45) is 5.92 Å². The Kier molecular flexibility index (Phi) is 5.69. The van der Waals surface area contributed by atoms with Gasteiger partial charge in [-0.15, -0.1) is 0 Å². The van der Waals surface area contributed by atoms with Crippen LogP contribution in [0, 0.1) is 5.92 Å². The van der Waals surface area contributed by atoms with Gasteiger partial charge in [-0.1, -0.05) is 0 Å². The minimum absolute atomic E-state index is 0.0488. The van der Waals surface area contributed by atoms with E-state index in [1.54, 1.807) is 6.92 Å². The van der Waals surface area contributed by atoms with E-state index in [4.69, 9.17) is 0 Å². The number of hydrogen-bond acceptors (Lipinski definition) is 4. The number of hydrogen-bond donors (Lipinski definition) is 1. The Morgan fingerprint density at radius 3 is 2.65 bits per heavy atom. The van der Waals surface area contributed by atoms with E-state index < -0.39 is 23.0 Å². The van der Waals surface area contributed by atoms with Crippen molar-refractivity contribution < 1.29 is 22.0 Å². The maximum Gasteiger partial charge on any atom is 0.257 e. The number of carbonyl (C=O) groups is 1. The first-order valence-corrected chi connectivity index (χ1v) is 9.02. The maximum absolute atomic E-state index is 12.2. The molecule has 1 amide bonds. The fourth-order valence-corrected chi connectivity index (χ4v) is 3.62. The largest absolute Gasteiger partial charge is 0.323 e. The Balaban J connectivity index is 1.87. The molecule has 0 radical (unpaired) electrons. The zero-order valence-electron chi connectivity index (χ0n) is 12.8. The average Bonchev–Trinajstić information content (AvgIpc) is 2.93. The summed E-state index contributed by atoms with van der Waals surface area (Å²) in [7, 11) is -3.22. The molecular formula is C13H20F2N4O3S. The Morgan fingerprint density at radius 2 is 2.09 bits per heavy atom. The van der Waals surface area contributed by atoms with Crippen molar-refractivity contribution in [3.05, 3.63) is 12.4 Å². The first kappa shape index (κ1) is 17.8. The topological polar surface area (TPSA) is 84.3 Å². The molecule has 0 aromatic carbocycles. The summed E-state index contributed by atoms with van der Waals surface area (Å²) in [5.41, 5.74) is 0.360. The molecule has 0 aliphatic carbocycles. The van der Waals surface area contributed by atoms with E-state index >= 15 is 0 Å². The SMILES string of the molecule is CCS(=O)(=O)N1CCC(C(=O)Nc2cnn(CC(F)F)c2)CC1. The van der Waals surface area contributed by atoms with Crippen LogP contribution in [-0.2, 0) is 21.4 Å². The molecule has 0 saturated carbocycles. The Morgan fingerprint density at radius 1 is 1.43 bits per heavy atom. The molecule has 1 fully saturated rings. The number of nitrogens with zero attached hydrogens (tertiary/aromatic N) is 3. The molecule has 2 heterocycles. The number of carbonyl (C=O) groups excluding carboxylic acids is 1. The van der Waals surface area contributed by atoms with Crippen LogP contribution in [-0.4, -0.2) is 53.7 Å². The number of rotatable bonds is 6. The number of aromatic nitrogens is 2. The molecule has 23 heavy (non-hydrogen) atoms. The van der Waals surface area contributed by atoms with E-state index in [2.05, 4.69) is 10.4 Å². The van der Waals surface area contributed by atoms with Crippen LogP contribution < -0.4 is 5.32 Å². The molecule has 0 atom stereocenters. The normalized spacial score (nSPS) is 17.6. The first-order chi connectivity index (χ1) is 10.8. The summed E-state index contributed by atoms with van der Waals surface area (Å²) < 4.78 is 50.5. The lowest BCUT2D eigenvalue weighted by Gasteiger charge is -2.30. The van der Waals surface area contributed by atoms with Gasteiger partial charge in [0.1, 0.15) is 6.54 Å². The van der Waals surface area contributed by atoms with E-state index in [0.29, 0.717) is 31.6 Å². The number of anilines is 1. The predicted octanol–water partition coefficient (Wildman–Crippen LogP) is 1.15. The van der Waals surface area contributed by atoms with Crippen LogP contribution in [0.2, 0.25) is 0 Å². The first-order valence-electron chi connectivity index (χ1n) is 7.41. The van der Waals surface area contributed by atoms with Gasteiger partial charge in [0.05, 0.1) is 17.6 Å². The molecular weight excluding hydrogens is 330 g/mol. The predicted molar refractivity (Wildman–Crippen MR) is 80.6 cm³/mol. The van der Waals surface area contributed by atoms with Crippen molar-refractivity contribution in [2.75, 3.05) is 24.2 Å². The minimum atomic E-state index is -3.22. The minimum Gasteiger partial charge on any atom is -0.323 e. The standard InChI is InChI=1S/C13H20F2N4O3S/c1-2-23(21,22)19-5-3-10(4-6-19)13(20)17-11-7-16-18(8-11)9-12(14)15/h7-8,10,12H,2-6,9H2,1H3,(H,17,20). The second-order valence-electron chi connectivity index (χ2n) is 5.41. The van der Waals surface area contributed by atoms with Crippen LogP contribution in [0.15, 0.2) is 12.4 Å². The van der Waals surface area contributed by atoms with Crippen molar-refractivity contribution in [1.29, 1.82) is 0 Å². The molecule has 7 nitrogen and oxygen atoms in total. The van der Waals surface area contributed by atoms with E-state index in [0.717, 1.165) is 4.68 Å². The van der Waals surface area contributed by atoms with Crippen LogP contribution in [0.4, 0.5) is 14.5 Å². The summed E-state index contributed by atoms with van der Waals surface area (Å²) in [4.78, 5) is 12.2. The van der Waals surface area contributed by atoms with Crippen molar-refractivity contribution in [3.63, 3.8) is 0 Å². The van der Waals surface area contributed by atoms with Crippen LogP contribution in [0.5, 0.6) is 0 Å². The molecule has 1 aromatic heterocycles. The third kappa shape index (κ3) is 4.71. The third-order valence-electron chi connectivity index (χ3n) is 3.81. The summed E-state index contributed by atoms with van der Waals surface area (Å²) in [5.74, 6) is -0.486. The van der Waals surface area contributed by atoms with Crippen LogP contribution in [0.25, 0.3) is 0 Å². The lowest BCUT2D eigenvalue weighted by molar-refractivity contribution is -0.120. The summed E-state index contributed by atoms with van der Waals surface area (Å²) in [6.45, 7) is 1.70. The molecule has 2 rings (SSSR count). The lowest BCUT2D eigenvalue weighted by Crippen LogP contribution is -2.42. The quantitative estimate of drug-likeness (QED) is 0.834. The summed E-state index contributed by atoms with van der Waals surface area (Å²) in [6, 6.07) is 0. The number of alkyl halides is 2. The van der Waals surface area contributed by atoms with Gasteiger partial charge in [0.15, 0.2) is 0 Å². The Hall–Kier alpha value is -1.55. The molecule has 1 aliphatic rings. The van der Waals surface area contributed by atoms with Crippen LogP contribution >= 0.6 is 0 Å². The average molecular weight is 350 g/mol. The number of amides is 1. The summed E-state index contributed by atoms with van der Waals surface area (Å²) >= 11 is 0. The van der Waals surface area contributed by atoms with Gasteiger partial charge in [-0.3, -0.25) is 9.48 Å². The number of piperidine rings is 1. The lowest BCUT2D eigenvalue weighted by atomic mass is 9.97. The highest BCUT2D eigenvalue weighted by atomic mass is 32.2. The van der Waals surface area contributed by atoms with Crippen LogP contribution in [0.1, 0.15) is 19.8 Å². The molecule has 0 bridgehead atoms. The van der Waals surface area contributed by atoms with Gasteiger partial charge >= 0.3 is 0 Å². The van der Waals surface area contributed by atoms with E-state index in [1.807, 2.05) is 0 Å². The summed E-state index contributed by atoms with van der Waals surface area (Å²) in [6.07, 6.45) is 1.03. The van der Waals surface area contributed by atoms with Gasteiger partial charge < -0.3 is 5.32 Å². The highest BCUT2D eigenvalue weighted by Gasteiger charge is 2.30. The molecule has 1 saturated heterocycles. The molecule has 0 unspecified atom stereocenters. The fourth-order valence-electron chi connectivity index (χ4n) is 2.49. The monoisotopic (exact) mass is 350 g/mol. The van der Waals surface area contributed by atoms with Gasteiger partial charge in [0.25, 0.3) is 6.43 Å². The van der Waals surface area contributed by atoms with Crippen LogP contribution in [0.3, 0.4) is 0 Å². The summed E-state index contributed by atoms with van der Waals surface area (Å²) in [5, 5.41) is 6.38. The molecule has 10 heteroatoms. The zero-order chi connectivity index (χ0) is 17.0. The molecule has 1 N–H and O–H groups in total. The highest BCUT2D eigenvalue weighted by molar-refractivity contribution is 7.89. The van der Waals surface area contributed by atoms with Crippen molar-refractivity contribution in [3.8, 4) is 0 Å². The molecule has 1 aliphatic heterocycles. The molecule has 1 aromatic rings. The van der Waals surface area contributed by atoms with Gasteiger partial charge in [0.2, 0.25) is 15.9 Å². The van der Waals surface area contributed by atoms with Crippen molar-refractivity contribution in [2.45, 2.75) is 32.7 Å². The Bertz CT molecular complexity index is 639. The number of nitrogens with one attached hydrogen (secondary N) is 1. The van der Waals surface area contributed by atoms with E-state index in [9.17, 15) is 22.0 Å². The number of sulfonamides is 1. The fraction of sp³-hybridized carbons (Fsp3) is 0.692. The second kappa shape index (κ2) is 7.35. The van der Waals surface area contributed by atoms with Gasteiger partial charge in [-0.05, 0) is 19.8 Å². The zero-order valence-corrected chi connectivity index (χ0v) is 13.6. The second-order valence-corrected chi connectivity index (χ2v) is 7.66. The Labute approximate surface area is 133 Å². The maximum atomic E-state index is 12.2.